The molecule has 6 heteroatoms. The second-order valence-corrected chi connectivity index (χ2v) is 6.40. The number of halogens is 2. The highest BCUT2D eigenvalue weighted by Gasteiger charge is 2.28. The molecular formula is C14H18BrFN4. The summed E-state index contributed by atoms with van der Waals surface area (Å²) in [5.41, 5.74) is 7.52. The molecule has 1 fully saturated rings. The number of nitrogen functional groups attached to an aromatic ring is 1. The molecule has 2 atom stereocenters. The summed E-state index contributed by atoms with van der Waals surface area (Å²) >= 11 is 3.24. The predicted molar refractivity (Wildman–Crippen MR) is 82.8 cm³/mol. The van der Waals surface area contributed by atoms with E-state index in [9.17, 15) is 4.39 Å². The first kappa shape index (κ1) is 13.7. The van der Waals surface area contributed by atoms with E-state index in [1.165, 1.54) is 12.5 Å². The Morgan fingerprint density at radius 1 is 1.30 bits per heavy atom. The zero-order valence-corrected chi connectivity index (χ0v) is 13.2. The van der Waals surface area contributed by atoms with Gasteiger partial charge in [0.2, 0.25) is 5.95 Å². The lowest BCUT2D eigenvalue weighted by Crippen LogP contribution is -2.51. The molecule has 2 N–H and O–H groups in total. The molecule has 0 saturated carbocycles. The SMILES string of the molecule is CC1CCCC(C)N1n1c(N)nc2cc(F)c(Br)cc21. The summed E-state index contributed by atoms with van der Waals surface area (Å²) in [6.07, 6.45) is 3.49. The number of nitrogens with two attached hydrogens (primary N) is 1. The van der Waals surface area contributed by atoms with Crippen LogP contribution in [-0.4, -0.2) is 21.7 Å². The van der Waals surface area contributed by atoms with Crippen molar-refractivity contribution in [3.8, 4) is 0 Å². The second kappa shape index (κ2) is 4.91. The first-order valence-electron chi connectivity index (χ1n) is 6.90. The summed E-state index contributed by atoms with van der Waals surface area (Å²) in [5, 5.41) is 2.26. The number of piperidine rings is 1. The molecule has 0 amide bonds. The van der Waals surface area contributed by atoms with Crippen LogP contribution in [0.4, 0.5) is 10.3 Å². The standard InChI is InChI=1S/C14H18BrFN4/c1-8-4-3-5-9(2)19(8)20-13-6-10(15)11(16)7-12(13)18-14(20)17/h6-9H,3-5H2,1-2H3,(H2,17,18). The van der Waals surface area contributed by atoms with Crippen molar-refractivity contribution in [2.24, 2.45) is 0 Å². The maximum atomic E-state index is 13.6. The highest BCUT2D eigenvalue weighted by atomic mass is 79.9. The largest absolute Gasteiger partial charge is 0.368 e. The monoisotopic (exact) mass is 340 g/mol. The van der Waals surface area contributed by atoms with Crippen LogP contribution < -0.4 is 10.7 Å². The third-order valence-electron chi connectivity index (χ3n) is 4.08. The Morgan fingerprint density at radius 3 is 2.60 bits per heavy atom. The molecule has 3 rings (SSSR count). The molecule has 2 heterocycles. The lowest BCUT2D eigenvalue weighted by molar-refractivity contribution is 0.343. The molecule has 2 unspecified atom stereocenters. The van der Waals surface area contributed by atoms with Crippen LogP contribution in [0.2, 0.25) is 0 Å². The van der Waals surface area contributed by atoms with E-state index in [1.54, 1.807) is 6.07 Å². The highest BCUT2D eigenvalue weighted by Crippen LogP contribution is 2.29. The average molecular weight is 341 g/mol. The number of hydrogen-bond acceptors (Lipinski definition) is 3. The van der Waals surface area contributed by atoms with E-state index < -0.39 is 0 Å². The van der Waals surface area contributed by atoms with Gasteiger partial charge in [0, 0.05) is 18.2 Å². The highest BCUT2D eigenvalue weighted by molar-refractivity contribution is 9.10. The van der Waals surface area contributed by atoms with E-state index in [1.807, 2.05) is 4.68 Å². The van der Waals surface area contributed by atoms with Gasteiger partial charge in [-0.05, 0) is 55.1 Å². The summed E-state index contributed by atoms with van der Waals surface area (Å²) in [6.45, 7) is 4.39. The molecule has 1 aliphatic rings. The summed E-state index contributed by atoms with van der Waals surface area (Å²) in [5.74, 6) is 0.0972. The topological polar surface area (TPSA) is 47.1 Å². The maximum absolute atomic E-state index is 13.6. The molecule has 1 aliphatic heterocycles. The van der Waals surface area contributed by atoms with E-state index in [2.05, 4.69) is 39.8 Å². The third-order valence-corrected chi connectivity index (χ3v) is 4.68. The molecular weight excluding hydrogens is 323 g/mol. The van der Waals surface area contributed by atoms with Gasteiger partial charge in [0.25, 0.3) is 0 Å². The first-order chi connectivity index (χ1) is 9.49. The number of aromatic nitrogens is 2. The van der Waals surface area contributed by atoms with Crippen LogP contribution in [0.25, 0.3) is 11.0 Å². The minimum Gasteiger partial charge on any atom is -0.368 e. The Labute approximate surface area is 125 Å². The number of benzene rings is 1. The number of rotatable bonds is 1. The van der Waals surface area contributed by atoms with Gasteiger partial charge in [0.1, 0.15) is 5.82 Å². The number of nitrogens with zero attached hydrogens (tertiary/aromatic N) is 3. The summed E-state index contributed by atoms with van der Waals surface area (Å²) in [4.78, 5) is 4.30. The van der Waals surface area contributed by atoms with Crippen molar-refractivity contribution >= 4 is 32.9 Å². The van der Waals surface area contributed by atoms with Crippen molar-refractivity contribution in [2.45, 2.75) is 45.2 Å². The van der Waals surface area contributed by atoms with Crippen molar-refractivity contribution in [3.63, 3.8) is 0 Å². The fourth-order valence-electron chi connectivity index (χ4n) is 3.12. The van der Waals surface area contributed by atoms with E-state index in [-0.39, 0.29) is 5.82 Å². The molecule has 4 nitrogen and oxygen atoms in total. The van der Waals surface area contributed by atoms with Gasteiger partial charge in [-0.1, -0.05) is 0 Å². The number of imidazole rings is 1. The van der Waals surface area contributed by atoms with Crippen molar-refractivity contribution in [1.82, 2.24) is 9.66 Å². The summed E-state index contributed by atoms with van der Waals surface area (Å²) in [7, 11) is 0. The normalized spacial score (nSPS) is 23.5. The Hall–Kier alpha value is -1.30. The lowest BCUT2D eigenvalue weighted by atomic mass is 10.00. The van der Waals surface area contributed by atoms with Crippen LogP contribution in [0.1, 0.15) is 33.1 Å². The molecule has 1 saturated heterocycles. The van der Waals surface area contributed by atoms with Crippen LogP contribution in [0.3, 0.4) is 0 Å². The van der Waals surface area contributed by atoms with E-state index in [4.69, 9.17) is 5.73 Å². The fourth-order valence-corrected chi connectivity index (χ4v) is 3.46. The summed E-state index contributed by atoms with van der Waals surface area (Å²) < 4.78 is 16.0. The second-order valence-electron chi connectivity index (χ2n) is 5.55. The zero-order chi connectivity index (χ0) is 14.4. The average Bonchev–Trinajstić information content (AvgIpc) is 2.67. The van der Waals surface area contributed by atoms with Gasteiger partial charge in [-0.3, -0.25) is 0 Å². The van der Waals surface area contributed by atoms with Gasteiger partial charge in [0.05, 0.1) is 15.5 Å². The van der Waals surface area contributed by atoms with Crippen molar-refractivity contribution in [1.29, 1.82) is 0 Å². The minimum atomic E-state index is -0.318. The number of hydrogen-bond donors (Lipinski definition) is 1. The van der Waals surface area contributed by atoms with Crippen LogP contribution in [0.5, 0.6) is 0 Å². The van der Waals surface area contributed by atoms with Crippen LogP contribution in [0.15, 0.2) is 16.6 Å². The maximum Gasteiger partial charge on any atom is 0.220 e. The number of fused-ring (bicyclic) bond motifs is 1. The Morgan fingerprint density at radius 2 is 1.95 bits per heavy atom. The number of anilines is 1. The fraction of sp³-hybridized carbons (Fsp3) is 0.500. The van der Waals surface area contributed by atoms with Crippen molar-refractivity contribution < 1.29 is 4.39 Å². The van der Waals surface area contributed by atoms with Crippen molar-refractivity contribution in [3.05, 3.63) is 22.4 Å². The molecule has 1 aromatic heterocycles. The van der Waals surface area contributed by atoms with Gasteiger partial charge in [-0.15, -0.1) is 0 Å². The minimum absolute atomic E-state index is 0.318. The van der Waals surface area contributed by atoms with Crippen LogP contribution >= 0.6 is 15.9 Å². The Balaban J connectivity index is 2.19. The van der Waals surface area contributed by atoms with E-state index in [0.717, 1.165) is 18.4 Å². The van der Waals surface area contributed by atoms with Crippen molar-refractivity contribution in [2.75, 3.05) is 10.7 Å². The van der Waals surface area contributed by atoms with Crippen LogP contribution in [-0.2, 0) is 0 Å². The zero-order valence-electron chi connectivity index (χ0n) is 11.6. The van der Waals surface area contributed by atoms with E-state index >= 15 is 0 Å². The van der Waals surface area contributed by atoms with Crippen LogP contribution in [0, 0.1) is 5.82 Å². The Bertz CT molecular complexity index is 644. The lowest BCUT2D eigenvalue weighted by Gasteiger charge is -2.41. The molecule has 0 bridgehead atoms. The van der Waals surface area contributed by atoms with Gasteiger partial charge < -0.3 is 10.7 Å². The molecule has 20 heavy (non-hydrogen) atoms. The third kappa shape index (κ3) is 2.06. The molecule has 0 spiro atoms. The predicted octanol–water partition coefficient (Wildman–Crippen LogP) is 3.42. The van der Waals surface area contributed by atoms with Gasteiger partial charge >= 0.3 is 0 Å². The molecule has 108 valence electrons. The van der Waals surface area contributed by atoms with Gasteiger partial charge in [-0.25, -0.2) is 14.1 Å². The van der Waals surface area contributed by atoms with E-state index in [0.29, 0.717) is 28.0 Å². The van der Waals surface area contributed by atoms with Gasteiger partial charge in [0.15, 0.2) is 0 Å². The Kier molecular flexibility index (Phi) is 3.36. The molecule has 1 aromatic carbocycles. The van der Waals surface area contributed by atoms with Gasteiger partial charge in [-0.2, -0.15) is 0 Å². The molecule has 2 aromatic rings. The molecule has 0 radical (unpaired) electrons. The first-order valence-corrected chi connectivity index (χ1v) is 7.70. The molecule has 0 aliphatic carbocycles. The quantitative estimate of drug-likeness (QED) is 0.865. The smallest absolute Gasteiger partial charge is 0.220 e. The summed E-state index contributed by atoms with van der Waals surface area (Å²) in [6, 6.07) is 3.96.